The number of nitrogens with one attached hydrogen (secondary N) is 1. The van der Waals surface area contributed by atoms with E-state index in [2.05, 4.69) is 15.3 Å². The number of amides is 1. The lowest BCUT2D eigenvalue weighted by atomic mass is 10.1. The zero-order valence-corrected chi connectivity index (χ0v) is 18.1. The summed E-state index contributed by atoms with van der Waals surface area (Å²) in [5.74, 6) is 0.874. The highest BCUT2D eigenvalue weighted by atomic mass is 16.7. The maximum Gasteiger partial charge on any atom is 0.333 e. The molecule has 10 heteroatoms. The topological polar surface area (TPSA) is 117 Å². The molecule has 1 aliphatic rings. The summed E-state index contributed by atoms with van der Waals surface area (Å²) in [7, 11) is 0. The number of hydrogen-bond acceptors (Lipinski definition) is 7. The molecule has 0 saturated carbocycles. The molecule has 0 bridgehead atoms. The molecule has 3 heterocycles. The van der Waals surface area contributed by atoms with Crippen molar-refractivity contribution in [1.82, 2.24) is 24.4 Å². The number of hydrogen-bond donors (Lipinski definition) is 1. The van der Waals surface area contributed by atoms with E-state index in [1.54, 1.807) is 12.1 Å². The number of ether oxygens (including phenoxy) is 2. The van der Waals surface area contributed by atoms with Crippen molar-refractivity contribution in [2.75, 3.05) is 6.79 Å². The van der Waals surface area contributed by atoms with Gasteiger partial charge in [-0.2, -0.15) is 0 Å². The molecule has 10 nitrogen and oxygen atoms in total. The van der Waals surface area contributed by atoms with Gasteiger partial charge < -0.3 is 14.8 Å². The number of aryl methyl sites for hydroxylation is 1. The van der Waals surface area contributed by atoms with Crippen molar-refractivity contribution in [3.05, 3.63) is 92.9 Å². The van der Waals surface area contributed by atoms with Gasteiger partial charge >= 0.3 is 5.69 Å². The van der Waals surface area contributed by atoms with Crippen molar-refractivity contribution in [2.45, 2.75) is 26.1 Å². The second-order valence-electron chi connectivity index (χ2n) is 7.75. The fourth-order valence-corrected chi connectivity index (χ4v) is 3.81. The van der Waals surface area contributed by atoms with Crippen LogP contribution in [0, 0.1) is 0 Å². The van der Waals surface area contributed by atoms with Gasteiger partial charge in [0.1, 0.15) is 6.54 Å². The van der Waals surface area contributed by atoms with E-state index in [0.717, 1.165) is 15.7 Å². The van der Waals surface area contributed by atoms with Crippen LogP contribution in [0.4, 0.5) is 0 Å². The Labute approximate surface area is 193 Å². The highest BCUT2D eigenvalue weighted by molar-refractivity contribution is 5.78. The minimum atomic E-state index is -0.604. The van der Waals surface area contributed by atoms with Crippen LogP contribution in [-0.4, -0.2) is 31.8 Å². The number of rotatable bonds is 7. The van der Waals surface area contributed by atoms with E-state index in [4.69, 9.17) is 9.47 Å². The Kier molecular flexibility index (Phi) is 5.77. The van der Waals surface area contributed by atoms with Crippen LogP contribution in [0.1, 0.15) is 11.1 Å². The van der Waals surface area contributed by atoms with Gasteiger partial charge in [0.05, 0.1) is 0 Å². The van der Waals surface area contributed by atoms with Crippen LogP contribution >= 0.6 is 0 Å². The number of benzene rings is 2. The molecule has 0 atom stereocenters. The van der Waals surface area contributed by atoms with Gasteiger partial charge in [0.25, 0.3) is 5.56 Å². The molecular formula is C24H21N5O5. The van der Waals surface area contributed by atoms with E-state index in [0.29, 0.717) is 17.9 Å². The van der Waals surface area contributed by atoms with E-state index in [1.807, 2.05) is 36.4 Å². The van der Waals surface area contributed by atoms with E-state index in [1.165, 1.54) is 17.0 Å². The second-order valence-corrected chi connectivity index (χ2v) is 7.75. The summed E-state index contributed by atoms with van der Waals surface area (Å²) in [6.45, 7) is 0.265. The predicted molar refractivity (Wildman–Crippen MR) is 123 cm³/mol. The number of nitrogens with zero attached hydrogens (tertiary/aromatic N) is 4. The predicted octanol–water partition coefficient (Wildman–Crippen LogP) is 1.24. The van der Waals surface area contributed by atoms with E-state index in [-0.39, 0.29) is 37.6 Å². The Hall–Kier alpha value is -4.47. The summed E-state index contributed by atoms with van der Waals surface area (Å²) in [6.07, 6.45) is 3.26. The Morgan fingerprint density at radius 1 is 0.941 bits per heavy atom. The third kappa shape index (κ3) is 4.25. The molecule has 0 aliphatic carbocycles. The Morgan fingerprint density at radius 3 is 2.59 bits per heavy atom. The molecule has 1 aliphatic heterocycles. The zero-order valence-electron chi connectivity index (χ0n) is 18.1. The number of aromatic nitrogens is 4. The Balaban J connectivity index is 1.38. The molecule has 1 N–H and O–H groups in total. The maximum atomic E-state index is 13.2. The van der Waals surface area contributed by atoms with Gasteiger partial charge in [-0.25, -0.2) is 14.8 Å². The van der Waals surface area contributed by atoms with Crippen LogP contribution in [0.2, 0.25) is 0 Å². The zero-order chi connectivity index (χ0) is 23.5. The standard InChI is InChI=1S/C24H21N5O5/c30-20(27-13-17-6-7-18-19(12-17)34-15-33-18)14-29-22-21(25-9-10-26-22)23(31)28(24(29)32)11-8-16-4-2-1-3-5-16/h1-7,9-10,12H,8,11,13-15H2,(H,27,30). The van der Waals surface area contributed by atoms with Gasteiger partial charge in [-0.15, -0.1) is 0 Å². The van der Waals surface area contributed by atoms with Crippen LogP contribution < -0.4 is 26.0 Å². The van der Waals surface area contributed by atoms with Gasteiger partial charge in [0, 0.05) is 25.5 Å². The average molecular weight is 459 g/mol. The molecule has 4 aromatic rings. The first-order chi connectivity index (χ1) is 16.6. The molecule has 2 aromatic carbocycles. The second kappa shape index (κ2) is 9.18. The van der Waals surface area contributed by atoms with Gasteiger partial charge in [0.2, 0.25) is 12.7 Å². The molecule has 0 fully saturated rings. The molecule has 1 amide bonds. The molecule has 172 valence electrons. The van der Waals surface area contributed by atoms with Crippen molar-refractivity contribution < 1.29 is 14.3 Å². The highest BCUT2D eigenvalue weighted by Crippen LogP contribution is 2.32. The monoisotopic (exact) mass is 459 g/mol. The molecule has 34 heavy (non-hydrogen) atoms. The molecule has 0 spiro atoms. The average Bonchev–Trinajstić information content (AvgIpc) is 3.34. The summed E-state index contributed by atoms with van der Waals surface area (Å²) >= 11 is 0. The van der Waals surface area contributed by atoms with Crippen LogP contribution in [0.5, 0.6) is 11.5 Å². The lowest BCUT2D eigenvalue weighted by Crippen LogP contribution is -2.43. The minimum Gasteiger partial charge on any atom is -0.454 e. The lowest BCUT2D eigenvalue weighted by molar-refractivity contribution is -0.121. The number of carbonyl (C=O) groups excluding carboxylic acids is 1. The van der Waals surface area contributed by atoms with Crippen LogP contribution in [0.3, 0.4) is 0 Å². The van der Waals surface area contributed by atoms with E-state index in [9.17, 15) is 14.4 Å². The van der Waals surface area contributed by atoms with Gasteiger partial charge in [-0.3, -0.25) is 18.7 Å². The summed E-state index contributed by atoms with van der Waals surface area (Å²) in [4.78, 5) is 47.1. The van der Waals surface area contributed by atoms with Crippen molar-refractivity contribution >= 4 is 17.1 Å². The summed E-state index contributed by atoms with van der Waals surface area (Å²) < 4.78 is 12.9. The van der Waals surface area contributed by atoms with Crippen LogP contribution in [0.25, 0.3) is 11.2 Å². The largest absolute Gasteiger partial charge is 0.454 e. The molecular weight excluding hydrogens is 438 g/mol. The minimum absolute atomic E-state index is 0.0405. The quantitative estimate of drug-likeness (QED) is 0.442. The molecule has 2 aromatic heterocycles. The maximum absolute atomic E-state index is 13.2. The third-order valence-corrected chi connectivity index (χ3v) is 5.54. The fraction of sp³-hybridized carbons (Fsp3) is 0.208. The van der Waals surface area contributed by atoms with E-state index >= 15 is 0 Å². The number of carbonyl (C=O) groups is 1. The first-order valence-corrected chi connectivity index (χ1v) is 10.7. The highest BCUT2D eigenvalue weighted by Gasteiger charge is 2.18. The van der Waals surface area contributed by atoms with Crippen LogP contribution in [0.15, 0.2) is 70.5 Å². The molecule has 5 rings (SSSR count). The SMILES string of the molecule is O=C(Cn1c(=O)n(CCc2ccccc2)c(=O)c2nccnc21)NCc1ccc2c(c1)OCO2. The summed E-state index contributed by atoms with van der Waals surface area (Å²) in [6, 6.07) is 14.9. The summed E-state index contributed by atoms with van der Waals surface area (Å²) in [5.41, 5.74) is 0.794. The molecule has 0 saturated heterocycles. The molecule has 0 unspecified atom stereocenters. The lowest BCUT2D eigenvalue weighted by Gasteiger charge is -2.13. The van der Waals surface area contributed by atoms with Crippen molar-refractivity contribution in [2.24, 2.45) is 0 Å². The fourth-order valence-electron chi connectivity index (χ4n) is 3.81. The first kappa shape index (κ1) is 21.4. The van der Waals surface area contributed by atoms with Crippen molar-refractivity contribution in [1.29, 1.82) is 0 Å². The van der Waals surface area contributed by atoms with E-state index < -0.39 is 17.2 Å². The Morgan fingerprint density at radius 2 is 1.74 bits per heavy atom. The smallest absolute Gasteiger partial charge is 0.333 e. The normalized spacial score (nSPS) is 12.1. The summed E-state index contributed by atoms with van der Waals surface area (Å²) in [5, 5.41) is 2.79. The number of fused-ring (bicyclic) bond motifs is 2. The van der Waals surface area contributed by atoms with Crippen molar-refractivity contribution in [3.8, 4) is 11.5 Å². The third-order valence-electron chi connectivity index (χ3n) is 5.54. The van der Waals surface area contributed by atoms with Gasteiger partial charge in [-0.05, 0) is 29.7 Å². The molecule has 0 radical (unpaired) electrons. The Bertz CT molecular complexity index is 1480. The first-order valence-electron chi connectivity index (χ1n) is 10.7. The van der Waals surface area contributed by atoms with Crippen LogP contribution in [-0.2, 0) is 30.8 Å². The van der Waals surface area contributed by atoms with Gasteiger partial charge in [-0.1, -0.05) is 36.4 Å². The van der Waals surface area contributed by atoms with Gasteiger partial charge in [0.15, 0.2) is 22.7 Å². The van der Waals surface area contributed by atoms with Crippen molar-refractivity contribution in [3.63, 3.8) is 0 Å².